The van der Waals surface area contributed by atoms with Gasteiger partial charge in [-0.15, -0.1) is 6.58 Å². The summed E-state index contributed by atoms with van der Waals surface area (Å²) in [6.45, 7) is 5.55. The molecule has 1 heterocycles. The predicted molar refractivity (Wildman–Crippen MR) is 126 cm³/mol. The SMILES string of the molecule is C=CCN=C1NC(CCc2ccccc2)C(C(=O)OC)=C(C)N1Cc1ccccc1C(F)(F)F. The molecule has 5 nitrogen and oxygen atoms in total. The zero-order chi connectivity index (χ0) is 24.7. The normalized spacial score (nSPS) is 17.5. The summed E-state index contributed by atoms with van der Waals surface area (Å²) in [5, 5.41) is 3.27. The number of nitrogens with zero attached hydrogens (tertiary/aromatic N) is 2. The molecule has 0 fully saturated rings. The highest BCUT2D eigenvalue weighted by Gasteiger charge is 2.37. The highest BCUT2D eigenvalue weighted by molar-refractivity contribution is 5.95. The summed E-state index contributed by atoms with van der Waals surface area (Å²) < 4.78 is 45.9. The molecule has 1 aliphatic rings. The minimum absolute atomic E-state index is 0.0782. The van der Waals surface area contributed by atoms with E-state index in [1.807, 2.05) is 30.3 Å². The zero-order valence-corrected chi connectivity index (χ0v) is 19.2. The van der Waals surface area contributed by atoms with E-state index < -0.39 is 23.8 Å². The summed E-state index contributed by atoms with van der Waals surface area (Å²) in [5.41, 5.74) is 1.34. The number of nitrogens with one attached hydrogen (secondary N) is 1. The van der Waals surface area contributed by atoms with E-state index in [2.05, 4.69) is 16.9 Å². The molecule has 0 spiro atoms. The Labute approximate surface area is 197 Å². The summed E-state index contributed by atoms with van der Waals surface area (Å²) in [6.07, 6.45) is -1.63. The van der Waals surface area contributed by atoms with Gasteiger partial charge in [-0.25, -0.2) is 9.79 Å². The minimum atomic E-state index is -4.50. The van der Waals surface area contributed by atoms with Crippen LogP contribution in [0.15, 0.2) is 83.5 Å². The number of rotatable bonds is 8. The lowest BCUT2D eigenvalue weighted by molar-refractivity contribution is -0.139. The second-order valence-corrected chi connectivity index (χ2v) is 7.91. The van der Waals surface area contributed by atoms with Crippen LogP contribution in [0.3, 0.4) is 0 Å². The highest BCUT2D eigenvalue weighted by Crippen LogP contribution is 2.34. The molecule has 0 aromatic heterocycles. The van der Waals surface area contributed by atoms with Gasteiger partial charge in [0.1, 0.15) is 0 Å². The van der Waals surface area contributed by atoms with Crippen LogP contribution < -0.4 is 5.32 Å². The van der Waals surface area contributed by atoms with E-state index in [4.69, 9.17) is 4.74 Å². The number of ether oxygens (including phenoxy) is 1. The second-order valence-electron chi connectivity index (χ2n) is 7.91. The molecule has 0 aliphatic carbocycles. The van der Waals surface area contributed by atoms with Gasteiger partial charge in [-0.3, -0.25) is 0 Å². The lowest BCUT2D eigenvalue weighted by Gasteiger charge is -2.38. The van der Waals surface area contributed by atoms with Crippen LogP contribution in [0.1, 0.15) is 30.0 Å². The number of carbonyl (C=O) groups is 1. The van der Waals surface area contributed by atoms with Crippen molar-refractivity contribution >= 4 is 11.9 Å². The Bertz CT molecular complexity index is 1080. The number of benzene rings is 2. The van der Waals surface area contributed by atoms with Crippen LogP contribution in [0.5, 0.6) is 0 Å². The lowest BCUT2D eigenvalue weighted by atomic mass is 9.95. The van der Waals surface area contributed by atoms with Crippen LogP contribution in [-0.2, 0) is 28.7 Å². The van der Waals surface area contributed by atoms with Crippen molar-refractivity contribution in [2.24, 2.45) is 4.99 Å². The molecule has 34 heavy (non-hydrogen) atoms. The molecule has 1 aliphatic heterocycles. The Kier molecular flexibility index (Phi) is 8.15. The van der Waals surface area contributed by atoms with Gasteiger partial charge in [-0.1, -0.05) is 54.6 Å². The van der Waals surface area contributed by atoms with Crippen molar-refractivity contribution in [1.29, 1.82) is 0 Å². The minimum Gasteiger partial charge on any atom is -0.466 e. The van der Waals surface area contributed by atoms with Crippen molar-refractivity contribution in [3.05, 3.63) is 95.2 Å². The number of halogens is 3. The molecule has 0 radical (unpaired) electrons. The third-order valence-electron chi connectivity index (χ3n) is 5.69. The summed E-state index contributed by atoms with van der Waals surface area (Å²) in [4.78, 5) is 18.8. The molecule has 1 N–H and O–H groups in total. The van der Waals surface area contributed by atoms with Gasteiger partial charge in [0.05, 0.1) is 37.4 Å². The third-order valence-corrected chi connectivity index (χ3v) is 5.69. The molecule has 0 saturated carbocycles. The van der Waals surface area contributed by atoms with Crippen molar-refractivity contribution in [2.75, 3.05) is 13.7 Å². The maximum atomic E-state index is 13.6. The Balaban J connectivity index is 2.02. The van der Waals surface area contributed by atoms with Crippen LogP contribution in [0.4, 0.5) is 13.2 Å². The summed E-state index contributed by atoms with van der Waals surface area (Å²) in [5.74, 6) is -0.139. The molecular formula is C26H28F3N3O2. The number of allylic oxidation sites excluding steroid dienone is 1. The van der Waals surface area contributed by atoms with Gasteiger partial charge in [0, 0.05) is 5.70 Å². The maximum Gasteiger partial charge on any atom is 0.416 e. The van der Waals surface area contributed by atoms with Gasteiger partial charge in [0.15, 0.2) is 5.96 Å². The van der Waals surface area contributed by atoms with E-state index in [1.54, 1.807) is 24.0 Å². The second kappa shape index (κ2) is 11.0. The van der Waals surface area contributed by atoms with Crippen molar-refractivity contribution in [3.63, 3.8) is 0 Å². The van der Waals surface area contributed by atoms with Gasteiger partial charge >= 0.3 is 12.1 Å². The number of hydrogen-bond acceptors (Lipinski definition) is 3. The number of aryl methyl sites for hydroxylation is 1. The fraction of sp³-hybridized carbons (Fsp3) is 0.308. The van der Waals surface area contributed by atoms with E-state index in [-0.39, 0.29) is 18.7 Å². The van der Waals surface area contributed by atoms with Crippen molar-refractivity contribution in [2.45, 2.75) is 38.5 Å². The zero-order valence-electron chi connectivity index (χ0n) is 19.2. The fourth-order valence-electron chi connectivity index (χ4n) is 4.01. The van der Waals surface area contributed by atoms with Gasteiger partial charge in [0.2, 0.25) is 0 Å². The molecule has 2 aromatic carbocycles. The smallest absolute Gasteiger partial charge is 0.416 e. The number of aliphatic imine (C=N–C) groups is 1. The Morgan fingerprint density at radius 1 is 1.18 bits per heavy atom. The molecule has 0 saturated heterocycles. The molecule has 1 atom stereocenters. The van der Waals surface area contributed by atoms with Gasteiger partial charge in [-0.05, 0) is 37.0 Å². The van der Waals surface area contributed by atoms with E-state index in [1.165, 1.54) is 19.2 Å². The van der Waals surface area contributed by atoms with E-state index in [9.17, 15) is 18.0 Å². The van der Waals surface area contributed by atoms with Gasteiger partial charge < -0.3 is 15.0 Å². The largest absolute Gasteiger partial charge is 0.466 e. The quantitative estimate of drug-likeness (QED) is 0.430. The van der Waals surface area contributed by atoms with Crippen molar-refractivity contribution in [3.8, 4) is 0 Å². The molecule has 0 amide bonds. The van der Waals surface area contributed by atoms with E-state index in [0.717, 1.165) is 11.6 Å². The summed E-state index contributed by atoms with van der Waals surface area (Å²) >= 11 is 0. The van der Waals surface area contributed by atoms with Crippen molar-refractivity contribution in [1.82, 2.24) is 10.2 Å². The first-order valence-corrected chi connectivity index (χ1v) is 10.9. The standard InChI is InChI=1S/C26H28F3N3O2/c1-4-16-30-25-31-22(15-14-19-10-6-5-7-11-19)23(24(33)34-3)18(2)32(25)17-20-12-8-9-13-21(20)26(27,28)29/h4-13,22H,1,14-17H2,2-3H3,(H,30,31). The number of esters is 1. The number of guanidine groups is 1. The Morgan fingerprint density at radius 2 is 1.85 bits per heavy atom. The molecule has 2 aromatic rings. The molecule has 1 unspecified atom stereocenters. The lowest BCUT2D eigenvalue weighted by Crippen LogP contribution is -2.52. The molecule has 180 valence electrons. The van der Waals surface area contributed by atoms with Crippen LogP contribution in [-0.4, -0.2) is 36.5 Å². The van der Waals surface area contributed by atoms with E-state index in [0.29, 0.717) is 30.1 Å². The van der Waals surface area contributed by atoms with Crippen LogP contribution in [0.2, 0.25) is 0 Å². The molecule has 3 rings (SSSR count). The molecule has 0 bridgehead atoms. The average Bonchev–Trinajstić information content (AvgIpc) is 2.83. The first-order valence-electron chi connectivity index (χ1n) is 10.9. The first kappa shape index (κ1) is 25.1. The van der Waals surface area contributed by atoms with Crippen LogP contribution in [0.25, 0.3) is 0 Å². The van der Waals surface area contributed by atoms with Gasteiger partial charge in [-0.2, -0.15) is 13.2 Å². The Hall–Kier alpha value is -3.55. The highest BCUT2D eigenvalue weighted by atomic mass is 19.4. The Morgan fingerprint density at radius 3 is 2.50 bits per heavy atom. The predicted octanol–water partition coefficient (Wildman–Crippen LogP) is 5.10. The monoisotopic (exact) mass is 471 g/mol. The summed E-state index contributed by atoms with van der Waals surface area (Å²) in [7, 11) is 1.29. The summed E-state index contributed by atoms with van der Waals surface area (Å²) in [6, 6.07) is 14.8. The van der Waals surface area contributed by atoms with Crippen LogP contribution in [0, 0.1) is 0 Å². The number of methoxy groups -OCH3 is 1. The topological polar surface area (TPSA) is 53.9 Å². The van der Waals surface area contributed by atoms with E-state index >= 15 is 0 Å². The number of carbonyl (C=O) groups excluding carboxylic acids is 1. The first-order chi connectivity index (χ1) is 16.3. The molecular weight excluding hydrogens is 443 g/mol. The maximum absolute atomic E-state index is 13.6. The molecule has 8 heteroatoms. The fourth-order valence-corrected chi connectivity index (χ4v) is 4.01. The average molecular weight is 472 g/mol. The van der Waals surface area contributed by atoms with Crippen molar-refractivity contribution < 1.29 is 22.7 Å². The third kappa shape index (κ3) is 5.87. The van der Waals surface area contributed by atoms with Crippen LogP contribution >= 0.6 is 0 Å². The van der Waals surface area contributed by atoms with Gasteiger partial charge in [0.25, 0.3) is 0 Å². The number of hydrogen-bond donors (Lipinski definition) is 1. The number of alkyl halides is 3.